The molecule has 3 aromatic rings. The smallest absolute Gasteiger partial charge is 0.256 e. The molecule has 0 aliphatic rings. The van der Waals surface area contributed by atoms with Crippen molar-refractivity contribution in [3.8, 4) is 22.4 Å². The lowest BCUT2D eigenvalue weighted by atomic mass is 9.87. The van der Waals surface area contributed by atoms with E-state index in [4.69, 9.17) is 0 Å². The number of benzene rings is 2. The van der Waals surface area contributed by atoms with Gasteiger partial charge in [0, 0.05) is 17.3 Å². The largest absolute Gasteiger partial charge is 0.417 e. The lowest BCUT2D eigenvalue weighted by molar-refractivity contribution is -0.147. The van der Waals surface area contributed by atoms with Crippen LogP contribution < -0.4 is 0 Å². The Morgan fingerprint density at radius 3 is 1.61 bits per heavy atom. The molecule has 1 aromatic heterocycles. The predicted octanol–water partition coefficient (Wildman–Crippen LogP) is 8.40. The third kappa shape index (κ3) is 4.99. The number of hydrogen-bond acceptors (Lipinski definition) is 1. The molecule has 0 bridgehead atoms. The molecule has 0 spiro atoms. The number of aryl methyl sites for hydroxylation is 3. The zero-order chi connectivity index (χ0) is 24.9. The fourth-order valence-electron chi connectivity index (χ4n) is 3.38. The zero-order valence-corrected chi connectivity index (χ0v) is 17.4. The molecule has 0 unspecified atom stereocenters. The first kappa shape index (κ1) is 24.6. The number of hydrogen-bond donors (Lipinski definition) is 0. The molecular weight excluding hydrogens is 461 g/mol. The maximum Gasteiger partial charge on any atom is 0.417 e. The summed E-state index contributed by atoms with van der Waals surface area (Å²) in [5.74, 6) is 0. The van der Waals surface area contributed by atoms with Crippen molar-refractivity contribution >= 4 is 0 Å². The zero-order valence-electron chi connectivity index (χ0n) is 17.4. The average molecular weight is 477 g/mol. The summed E-state index contributed by atoms with van der Waals surface area (Å²) in [5, 5.41) is 0. The van der Waals surface area contributed by atoms with E-state index in [1.54, 1.807) is 19.9 Å². The first-order valence-corrected chi connectivity index (χ1v) is 9.44. The van der Waals surface area contributed by atoms with E-state index >= 15 is 0 Å². The summed E-state index contributed by atoms with van der Waals surface area (Å²) >= 11 is 0. The summed E-state index contributed by atoms with van der Waals surface area (Å²) in [4.78, 5) is 4.17. The van der Waals surface area contributed by atoms with Crippen molar-refractivity contribution in [2.24, 2.45) is 0 Å². The van der Waals surface area contributed by atoms with Gasteiger partial charge in [0.05, 0.1) is 22.4 Å². The molecule has 0 aliphatic carbocycles. The average Bonchev–Trinajstić information content (AvgIpc) is 2.67. The van der Waals surface area contributed by atoms with Crippen LogP contribution in [-0.2, 0) is 18.5 Å². The number of rotatable bonds is 2. The van der Waals surface area contributed by atoms with Crippen LogP contribution in [0.5, 0.6) is 0 Å². The summed E-state index contributed by atoms with van der Waals surface area (Å²) in [5.41, 5.74) is -5.73. The summed E-state index contributed by atoms with van der Waals surface area (Å²) in [6, 6.07) is 4.90. The van der Waals surface area contributed by atoms with E-state index < -0.39 is 46.3 Å². The van der Waals surface area contributed by atoms with E-state index in [9.17, 15) is 39.5 Å². The number of nitrogens with zero attached hydrogens (tertiary/aromatic N) is 1. The van der Waals surface area contributed by atoms with Gasteiger partial charge in [-0.1, -0.05) is 12.1 Å². The normalized spacial score (nSPS) is 12.8. The van der Waals surface area contributed by atoms with Gasteiger partial charge in [-0.05, 0) is 67.3 Å². The first-order valence-electron chi connectivity index (χ1n) is 9.44. The molecule has 0 radical (unpaired) electrons. The highest BCUT2D eigenvalue weighted by atomic mass is 19.4. The van der Waals surface area contributed by atoms with Gasteiger partial charge in [-0.25, -0.2) is 0 Å². The Kier molecular flexibility index (Phi) is 6.02. The monoisotopic (exact) mass is 477 g/mol. The van der Waals surface area contributed by atoms with E-state index in [1.807, 2.05) is 0 Å². The molecule has 2 aromatic carbocycles. The third-order valence-electron chi connectivity index (χ3n) is 5.25. The molecule has 1 heterocycles. The van der Waals surface area contributed by atoms with Gasteiger partial charge in [-0.2, -0.15) is 39.5 Å². The van der Waals surface area contributed by atoms with Crippen LogP contribution in [0.25, 0.3) is 22.4 Å². The van der Waals surface area contributed by atoms with Crippen LogP contribution in [0, 0.1) is 20.8 Å². The lowest BCUT2D eigenvalue weighted by Crippen LogP contribution is -2.18. The van der Waals surface area contributed by atoms with Gasteiger partial charge >= 0.3 is 18.5 Å². The molecule has 0 fully saturated rings. The second-order valence-corrected chi connectivity index (χ2v) is 7.62. The van der Waals surface area contributed by atoms with Gasteiger partial charge in [0.25, 0.3) is 0 Å². The molecule has 0 aliphatic heterocycles. The fraction of sp³-hybridized carbons (Fsp3) is 0.261. The van der Waals surface area contributed by atoms with Gasteiger partial charge in [-0.15, -0.1) is 0 Å². The Morgan fingerprint density at radius 1 is 0.606 bits per heavy atom. The highest BCUT2D eigenvalue weighted by molar-refractivity contribution is 5.80. The van der Waals surface area contributed by atoms with E-state index in [-0.39, 0.29) is 23.3 Å². The van der Waals surface area contributed by atoms with Crippen LogP contribution >= 0.6 is 0 Å². The van der Waals surface area contributed by atoms with Crippen LogP contribution in [0.1, 0.15) is 33.4 Å². The molecular formula is C23H16F9N. The Morgan fingerprint density at radius 2 is 1.15 bits per heavy atom. The first-order chi connectivity index (χ1) is 15.0. The number of pyridine rings is 1. The summed E-state index contributed by atoms with van der Waals surface area (Å²) in [6.07, 6.45) is -14.8. The molecule has 10 heteroatoms. The van der Waals surface area contributed by atoms with Crippen molar-refractivity contribution in [3.63, 3.8) is 0 Å². The third-order valence-corrected chi connectivity index (χ3v) is 5.25. The van der Waals surface area contributed by atoms with Crippen LogP contribution in [0.3, 0.4) is 0 Å². The number of halogens is 9. The van der Waals surface area contributed by atoms with Gasteiger partial charge < -0.3 is 0 Å². The highest BCUT2D eigenvalue weighted by Gasteiger charge is 2.45. The standard InChI is InChI=1S/C23H16F9N/c1-11-4-5-14(19-6-12(2)13(3)10-33-19)7-16(11)20-17(22(27,28)29)8-15(21(24,25)26)9-18(20)23(30,31)32/h4-10H,1-3H3. The molecule has 1 nitrogen and oxygen atoms in total. The maximum absolute atomic E-state index is 13.8. The van der Waals surface area contributed by atoms with Crippen molar-refractivity contribution in [1.82, 2.24) is 4.98 Å². The van der Waals surface area contributed by atoms with Crippen LogP contribution in [0.4, 0.5) is 39.5 Å². The predicted molar refractivity (Wildman–Crippen MR) is 104 cm³/mol. The topological polar surface area (TPSA) is 12.9 Å². The van der Waals surface area contributed by atoms with Crippen LogP contribution in [0.15, 0.2) is 42.6 Å². The van der Waals surface area contributed by atoms with Gasteiger partial charge in [-0.3, -0.25) is 4.98 Å². The van der Waals surface area contributed by atoms with Gasteiger partial charge in [0.1, 0.15) is 0 Å². The van der Waals surface area contributed by atoms with E-state index in [1.165, 1.54) is 25.3 Å². The number of aromatic nitrogens is 1. The maximum atomic E-state index is 13.8. The Labute approximate surface area is 182 Å². The van der Waals surface area contributed by atoms with Crippen molar-refractivity contribution in [2.45, 2.75) is 39.3 Å². The van der Waals surface area contributed by atoms with E-state index in [2.05, 4.69) is 4.98 Å². The van der Waals surface area contributed by atoms with Crippen molar-refractivity contribution in [2.75, 3.05) is 0 Å². The molecule has 0 N–H and O–H groups in total. The van der Waals surface area contributed by atoms with Crippen LogP contribution in [0.2, 0.25) is 0 Å². The second kappa shape index (κ2) is 8.07. The quantitative estimate of drug-likeness (QED) is 0.338. The molecule has 0 atom stereocenters. The molecule has 176 valence electrons. The lowest BCUT2D eigenvalue weighted by Gasteiger charge is -2.23. The molecule has 0 saturated carbocycles. The fourth-order valence-corrected chi connectivity index (χ4v) is 3.38. The second-order valence-electron chi connectivity index (χ2n) is 7.62. The SMILES string of the molecule is Cc1cnc(-c2ccc(C)c(-c3c(C(F)(F)F)cc(C(F)(F)F)cc3C(F)(F)F)c2)cc1C. The van der Waals surface area contributed by atoms with Crippen LogP contribution in [-0.4, -0.2) is 4.98 Å². The minimum Gasteiger partial charge on any atom is -0.256 e. The Balaban J connectivity index is 2.41. The minimum atomic E-state index is -5.47. The molecule has 0 amide bonds. The van der Waals surface area contributed by atoms with Gasteiger partial charge in [0.15, 0.2) is 0 Å². The molecule has 0 saturated heterocycles. The van der Waals surface area contributed by atoms with Gasteiger partial charge in [0.2, 0.25) is 0 Å². The summed E-state index contributed by atoms with van der Waals surface area (Å²) < 4.78 is 122. The number of alkyl halides is 9. The summed E-state index contributed by atoms with van der Waals surface area (Å²) in [6.45, 7) is 4.82. The molecule has 33 heavy (non-hydrogen) atoms. The molecule has 3 rings (SSSR count). The minimum absolute atomic E-state index is 0.0262. The van der Waals surface area contributed by atoms with Crippen molar-refractivity contribution in [1.29, 1.82) is 0 Å². The highest BCUT2D eigenvalue weighted by Crippen LogP contribution is 2.48. The van der Waals surface area contributed by atoms with Crippen molar-refractivity contribution in [3.05, 3.63) is 76.0 Å². The Bertz CT molecular complexity index is 1170. The van der Waals surface area contributed by atoms with E-state index in [0.717, 1.165) is 17.2 Å². The van der Waals surface area contributed by atoms with E-state index in [0.29, 0.717) is 5.69 Å². The van der Waals surface area contributed by atoms with Crippen molar-refractivity contribution < 1.29 is 39.5 Å². The Hall–Kier alpha value is -3.04. The summed E-state index contributed by atoms with van der Waals surface area (Å²) in [7, 11) is 0.